The average molecular weight is 1040 g/mol. The van der Waals surface area contributed by atoms with Gasteiger partial charge >= 0.3 is 0 Å². The van der Waals surface area contributed by atoms with Gasteiger partial charge in [-0.1, -0.05) is 196 Å². The molecule has 0 amide bonds. The van der Waals surface area contributed by atoms with Gasteiger partial charge in [0.25, 0.3) is 0 Å². The van der Waals surface area contributed by atoms with Gasteiger partial charge in [-0.2, -0.15) is 0 Å². The molecule has 0 atom stereocenters. The lowest BCUT2D eigenvalue weighted by molar-refractivity contribution is -0.676. The number of aryl methyl sites for hydroxylation is 1. The topological polar surface area (TPSA) is 40.2 Å². The molecule has 6 heteroatoms. The first-order valence-corrected chi connectivity index (χ1v) is 26.6. The lowest BCUT2D eigenvalue weighted by atomic mass is 9.88. The molecular formula is C74H57N5O. The third-order valence-corrected chi connectivity index (χ3v) is 14.7. The molecular weight excluding hydrogens is 975 g/mol. The van der Waals surface area contributed by atoms with E-state index in [0.717, 1.165) is 77.6 Å². The Morgan fingerprint density at radius 3 is 1.86 bits per heavy atom. The smallest absolute Gasteiger partial charge is 0.244 e. The van der Waals surface area contributed by atoms with Crippen molar-refractivity contribution in [2.24, 2.45) is 0 Å². The summed E-state index contributed by atoms with van der Waals surface area (Å²) in [6.45, 7) is 15.2. The number of rotatable bonds is 13. The van der Waals surface area contributed by atoms with Crippen molar-refractivity contribution in [2.75, 3.05) is 0 Å². The Morgan fingerprint density at radius 2 is 1.20 bits per heavy atom. The number of benzene rings is 10. The number of pyridine rings is 1. The van der Waals surface area contributed by atoms with Crippen molar-refractivity contribution in [1.82, 2.24) is 14.1 Å². The predicted molar refractivity (Wildman–Crippen MR) is 328 cm³/mol. The zero-order valence-corrected chi connectivity index (χ0v) is 44.2. The molecule has 13 aromatic rings. The molecule has 0 aliphatic rings. The van der Waals surface area contributed by atoms with E-state index in [4.69, 9.17) is 30.0 Å². The minimum absolute atomic E-state index is 0.0580. The van der Waals surface area contributed by atoms with Gasteiger partial charge in [0.05, 0.1) is 48.9 Å². The van der Waals surface area contributed by atoms with Crippen molar-refractivity contribution in [3.05, 3.63) is 284 Å². The van der Waals surface area contributed by atoms with Crippen molar-refractivity contribution in [2.45, 2.75) is 45.6 Å². The number of nitrogens with zero attached hydrogens (tertiary/aromatic N) is 5. The van der Waals surface area contributed by atoms with E-state index in [1.54, 1.807) is 30.3 Å². The number of imidazole rings is 1. The minimum atomic E-state index is -0.548. The monoisotopic (exact) mass is 1040 g/mol. The number of hydrogen-bond acceptors (Lipinski definition) is 2. The first kappa shape index (κ1) is 39.3. The van der Waals surface area contributed by atoms with Gasteiger partial charge in [0.15, 0.2) is 5.69 Å². The van der Waals surface area contributed by atoms with E-state index in [-0.39, 0.29) is 34.1 Å². The minimum Gasteiger partial charge on any atom is -0.459 e. The van der Waals surface area contributed by atoms with E-state index in [1.807, 2.05) is 69.9 Å². The molecule has 0 aliphatic heterocycles. The highest BCUT2D eigenvalue weighted by atomic mass is 16.5. The fraction of sp³-hybridized carbons (Fsp3) is 0.0946. The Morgan fingerprint density at radius 1 is 0.550 bits per heavy atom. The molecule has 0 bridgehead atoms. The van der Waals surface area contributed by atoms with Crippen molar-refractivity contribution >= 4 is 38.5 Å². The fourth-order valence-electron chi connectivity index (χ4n) is 10.8. The fourth-order valence-corrected chi connectivity index (χ4v) is 10.8. The van der Waals surface area contributed by atoms with Crippen molar-refractivity contribution in [3.63, 3.8) is 0 Å². The SMILES string of the molecule is [2H]c1c([2H])c([2H])c(-c2cccc(-c3c([2H])c([2H])c([2H])c([2H])c3[2H])c2CCC[n+]2[c-]n(-c3cc([N+]#[C-])cc(Oc4ccc5c6cc(-c7cc(-c8ccccc8)cc(-c8ccccc8)c7)ccc6n(-c6cc(C(C)(C)C)ccn6)c5c4)c3)c3ccccc32)c([2H])c1[2H]. The van der Waals surface area contributed by atoms with Crippen LogP contribution in [0.5, 0.6) is 11.5 Å². The molecule has 0 aliphatic carbocycles. The molecule has 0 saturated carbocycles. The second-order valence-corrected chi connectivity index (χ2v) is 20.8. The van der Waals surface area contributed by atoms with Gasteiger partial charge in [-0.15, -0.1) is 0 Å². The maximum atomic E-state index is 8.94. The van der Waals surface area contributed by atoms with Gasteiger partial charge < -0.3 is 13.9 Å². The van der Waals surface area contributed by atoms with Crippen molar-refractivity contribution < 1.29 is 23.0 Å². The van der Waals surface area contributed by atoms with Gasteiger partial charge in [-0.3, -0.25) is 4.57 Å². The maximum absolute atomic E-state index is 8.94. The largest absolute Gasteiger partial charge is 0.459 e. The normalized spacial score (nSPS) is 13.3. The van der Waals surface area contributed by atoms with Crippen molar-refractivity contribution in [3.8, 4) is 78.6 Å². The lowest BCUT2D eigenvalue weighted by Gasteiger charge is -2.20. The van der Waals surface area contributed by atoms with E-state index in [1.165, 1.54) is 0 Å². The van der Waals surface area contributed by atoms with Crippen LogP contribution in [-0.2, 0) is 18.4 Å². The average Bonchev–Trinajstić information content (AvgIpc) is 1.41. The number of ether oxygens (including phenoxy) is 1. The second kappa shape index (κ2) is 21.0. The Bertz CT molecular complexity index is 4880. The Kier molecular flexibility index (Phi) is 10.3. The third kappa shape index (κ3) is 9.71. The number of hydrogen-bond donors (Lipinski definition) is 0. The van der Waals surface area contributed by atoms with Crippen LogP contribution in [0.3, 0.4) is 0 Å². The summed E-state index contributed by atoms with van der Waals surface area (Å²) >= 11 is 0. The highest BCUT2D eigenvalue weighted by Crippen LogP contribution is 2.41. The van der Waals surface area contributed by atoms with E-state index < -0.39 is 60.4 Å². The van der Waals surface area contributed by atoms with Gasteiger partial charge in [0.2, 0.25) is 6.33 Å². The van der Waals surface area contributed by atoms with E-state index in [9.17, 15) is 0 Å². The molecule has 80 heavy (non-hydrogen) atoms. The molecule has 10 aromatic carbocycles. The van der Waals surface area contributed by atoms with Crippen LogP contribution in [0.1, 0.15) is 52.0 Å². The first-order valence-electron chi connectivity index (χ1n) is 31.6. The van der Waals surface area contributed by atoms with E-state index in [2.05, 4.69) is 140 Å². The standard InChI is InChI=1S/C74H57N5O/c1-74(2,3)59-38-39-76-73(45-59)79-69-37-34-55(58-42-56(51-21-9-5-10-22-51)41-57(43-58)52-23-11-6-12-24-52)44-68(69)67-36-35-62(49-72(67)79)80-63-47-60(75-4)46-61(48-63)78-50-77(70-32-17-18-33-71(70)78)40-20-31-66-64(53-25-13-7-14-26-53)29-19-30-65(66)54-27-15-8-16-28-54/h5-19,21-30,32-39,41-49H,20,31,40H2,1-3H3/i7D,8D,13D,14D,15D,16D,25D,26D,27D,28D. The van der Waals surface area contributed by atoms with Gasteiger partial charge in [-0.25, -0.2) is 9.83 Å². The van der Waals surface area contributed by atoms with Crippen LogP contribution in [0.4, 0.5) is 5.69 Å². The van der Waals surface area contributed by atoms with Crippen LogP contribution in [0.2, 0.25) is 0 Å². The molecule has 0 unspecified atom stereocenters. The lowest BCUT2D eigenvalue weighted by Crippen LogP contribution is -2.33. The van der Waals surface area contributed by atoms with E-state index in [0.29, 0.717) is 41.4 Å². The summed E-state index contributed by atoms with van der Waals surface area (Å²) < 4.78 is 99.3. The highest BCUT2D eigenvalue weighted by Gasteiger charge is 2.21. The summed E-state index contributed by atoms with van der Waals surface area (Å²) in [6.07, 6.45) is 5.96. The molecule has 3 aromatic heterocycles. The summed E-state index contributed by atoms with van der Waals surface area (Å²) in [7, 11) is 0. The summed E-state index contributed by atoms with van der Waals surface area (Å²) in [5.74, 6) is 1.72. The molecule has 13 rings (SSSR count). The molecule has 6 nitrogen and oxygen atoms in total. The van der Waals surface area contributed by atoms with Crippen LogP contribution >= 0.6 is 0 Å². The maximum Gasteiger partial charge on any atom is 0.244 e. The number of aromatic nitrogens is 4. The third-order valence-electron chi connectivity index (χ3n) is 14.7. The molecule has 0 saturated heterocycles. The summed E-state index contributed by atoms with van der Waals surface area (Å²) in [6, 6.07) is 57.7. The Balaban J connectivity index is 0.875. The molecule has 0 N–H and O–H groups in total. The van der Waals surface area contributed by atoms with Gasteiger partial charge in [0, 0.05) is 28.7 Å². The van der Waals surface area contributed by atoms with Crippen LogP contribution in [-0.4, -0.2) is 14.1 Å². The van der Waals surface area contributed by atoms with E-state index >= 15 is 0 Å². The summed E-state index contributed by atoms with van der Waals surface area (Å²) in [5, 5.41) is 2.04. The van der Waals surface area contributed by atoms with Crippen LogP contribution in [0, 0.1) is 12.9 Å². The van der Waals surface area contributed by atoms with Crippen LogP contribution in [0.15, 0.2) is 255 Å². The zero-order valence-electron chi connectivity index (χ0n) is 54.2. The van der Waals surface area contributed by atoms with Crippen LogP contribution < -0.4 is 9.30 Å². The molecule has 0 spiro atoms. The Hall–Kier alpha value is -10.1. The zero-order chi connectivity index (χ0) is 62.9. The quantitative estimate of drug-likeness (QED) is 0.0853. The highest BCUT2D eigenvalue weighted by molar-refractivity contribution is 6.11. The second-order valence-electron chi connectivity index (χ2n) is 20.8. The number of para-hydroxylation sites is 2. The van der Waals surface area contributed by atoms with Crippen LogP contribution in [0.25, 0.3) is 105 Å². The van der Waals surface area contributed by atoms with Gasteiger partial charge in [-0.05, 0) is 152 Å². The molecule has 0 fully saturated rings. The molecule has 3 heterocycles. The Labute approximate surface area is 481 Å². The summed E-state index contributed by atoms with van der Waals surface area (Å²) in [4.78, 5) is 8.88. The van der Waals surface area contributed by atoms with Gasteiger partial charge in [0.1, 0.15) is 17.3 Å². The number of fused-ring (bicyclic) bond motifs is 4. The van der Waals surface area contributed by atoms with Crippen molar-refractivity contribution in [1.29, 1.82) is 0 Å². The molecule has 0 radical (unpaired) electrons. The first-order chi connectivity index (χ1) is 43.4. The predicted octanol–water partition coefficient (Wildman–Crippen LogP) is 18.8. The molecule has 384 valence electrons. The summed E-state index contributed by atoms with van der Waals surface area (Å²) in [5.41, 5.74) is 12.9.